The number of carbonyl (C=O) groups is 1. The van der Waals surface area contributed by atoms with E-state index in [0.717, 1.165) is 16.5 Å². The van der Waals surface area contributed by atoms with Gasteiger partial charge in [-0.1, -0.05) is 48.0 Å². The van der Waals surface area contributed by atoms with Gasteiger partial charge >= 0.3 is 5.69 Å². The lowest BCUT2D eigenvalue weighted by Crippen LogP contribution is -2.23. The highest BCUT2D eigenvalue weighted by Gasteiger charge is 2.18. The number of halogens is 1. The van der Waals surface area contributed by atoms with Crippen LogP contribution >= 0.6 is 15.9 Å². The summed E-state index contributed by atoms with van der Waals surface area (Å²) < 4.78 is 7.43. The number of nitro groups is 1. The third-order valence-electron chi connectivity index (χ3n) is 6.17. The van der Waals surface area contributed by atoms with Gasteiger partial charge in [0.1, 0.15) is 5.82 Å². The zero-order valence-electron chi connectivity index (χ0n) is 21.6. The molecule has 200 valence electrons. The van der Waals surface area contributed by atoms with Gasteiger partial charge in [-0.15, -0.1) is 0 Å². The van der Waals surface area contributed by atoms with Crippen molar-refractivity contribution < 1.29 is 14.5 Å². The summed E-state index contributed by atoms with van der Waals surface area (Å²) in [6, 6.07) is 16.8. The lowest BCUT2D eigenvalue weighted by molar-refractivity contribution is -0.385. The molecule has 1 aromatic heterocycles. The zero-order valence-corrected chi connectivity index (χ0v) is 23.1. The minimum Gasteiger partial charge on any atom is -0.477 e. The van der Waals surface area contributed by atoms with Gasteiger partial charge in [0.25, 0.3) is 11.5 Å². The Balaban J connectivity index is 1.60. The molecule has 11 heteroatoms. The summed E-state index contributed by atoms with van der Waals surface area (Å²) in [6.45, 7) is 5.38. The van der Waals surface area contributed by atoms with Crippen LogP contribution in [-0.2, 0) is 4.79 Å². The number of hydrogen-bond donors (Lipinski definition) is 1. The molecule has 4 rings (SSSR count). The molecule has 0 fully saturated rings. The average molecular weight is 592 g/mol. The Morgan fingerprint density at radius 3 is 2.72 bits per heavy atom. The second-order valence-corrected chi connectivity index (χ2v) is 9.85. The fraction of sp³-hybridized carbons (Fsp3) is 0.214. The van der Waals surface area contributed by atoms with E-state index in [-0.39, 0.29) is 22.9 Å². The highest BCUT2D eigenvalue weighted by atomic mass is 79.9. The van der Waals surface area contributed by atoms with Gasteiger partial charge in [-0.3, -0.25) is 19.7 Å². The number of rotatable bonds is 9. The number of nitro benzene ring substituents is 1. The smallest absolute Gasteiger partial charge is 0.311 e. The third kappa shape index (κ3) is 6.37. The van der Waals surface area contributed by atoms with Crippen LogP contribution in [0.2, 0.25) is 0 Å². The van der Waals surface area contributed by atoms with Gasteiger partial charge in [0.15, 0.2) is 12.4 Å². The SMILES string of the molecule is CC[C@@H](C)c1nc2ccc(Br)cc2c(=O)n1N=Cc1ccc(OCC(=O)Nc2ccccc2C)c([N+](=O)[O-])c1. The summed E-state index contributed by atoms with van der Waals surface area (Å²) >= 11 is 3.38. The van der Waals surface area contributed by atoms with Crippen LogP contribution < -0.4 is 15.6 Å². The fourth-order valence-electron chi connectivity index (χ4n) is 3.83. The first kappa shape index (κ1) is 27.6. The molecular weight excluding hydrogens is 566 g/mol. The van der Waals surface area contributed by atoms with Crippen molar-refractivity contribution >= 4 is 50.3 Å². The standard InChI is InChI=1S/C28H26BrN5O5/c1-4-17(2)27-32-23-11-10-20(29)14-21(23)28(36)33(27)30-15-19-9-12-25(24(13-19)34(37)38)39-16-26(35)31-22-8-6-5-7-18(22)3/h5-15,17H,4,16H2,1-3H3,(H,31,35)/t17-/m1/s1. The summed E-state index contributed by atoms with van der Waals surface area (Å²) in [4.78, 5) is 41.4. The van der Waals surface area contributed by atoms with Crippen molar-refractivity contribution in [2.45, 2.75) is 33.1 Å². The number of nitrogens with zero attached hydrogens (tertiary/aromatic N) is 4. The second kappa shape index (κ2) is 12.0. The maximum absolute atomic E-state index is 13.3. The Morgan fingerprint density at radius 2 is 2.00 bits per heavy atom. The first-order valence-electron chi connectivity index (χ1n) is 12.2. The number of para-hydroxylation sites is 1. The Bertz CT molecular complexity index is 1650. The first-order chi connectivity index (χ1) is 18.7. The van der Waals surface area contributed by atoms with E-state index in [4.69, 9.17) is 4.74 Å². The van der Waals surface area contributed by atoms with E-state index in [1.165, 1.54) is 23.0 Å². The maximum Gasteiger partial charge on any atom is 0.311 e. The van der Waals surface area contributed by atoms with Gasteiger partial charge in [-0.25, -0.2) is 4.98 Å². The molecular formula is C28H26BrN5O5. The van der Waals surface area contributed by atoms with Crippen LogP contribution in [0.25, 0.3) is 10.9 Å². The van der Waals surface area contributed by atoms with Crippen LogP contribution in [0.4, 0.5) is 11.4 Å². The number of fused-ring (bicyclic) bond motifs is 1. The Hall–Kier alpha value is -4.38. The molecule has 1 atom stereocenters. The molecule has 1 N–H and O–H groups in total. The summed E-state index contributed by atoms with van der Waals surface area (Å²) in [5, 5.41) is 19.2. The van der Waals surface area contributed by atoms with Gasteiger partial charge < -0.3 is 10.1 Å². The van der Waals surface area contributed by atoms with Gasteiger partial charge in [0.05, 0.1) is 22.0 Å². The van der Waals surface area contributed by atoms with E-state index >= 15 is 0 Å². The lowest BCUT2D eigenvalue weighted by atomic mass is 10.1. The average Bonchev–Trinajstić information content (AvgIpc) is 2.92. The Morgan fingerprint density at radius 1 is 1.23 bits per heavy atom. The van der Waals surface area contributed by atoms with Crippen molar-refractivity contribution in [2.75, 3.05) is 11.9 Å². The molecule has 4 aromatic rings. The van der Waals surface area contributed by atoms with E-state index in [1.54, 1.807) is 30.3 Å². The molecule has 0 saturated heterocycles. The number of aromatic nitrogens is 2. The second-order valence-electron chi connectivity index (χ2n) is 8.94. The molecule has 1 heterocycles. The van der Waals surface area contributed by atoms with Crippen LogP contribution in [0.1, 0.15) is 43.1 Å². The predicted molar refractivity (Wildman–Crippen MR) is 154 cm³/mol. The predicted octanol–water partition coefficient (Wildman–Crippen LogP) is 5.79. The number of hydrogen-bond acceptors (Lipinski definition) is 7. The fourth-order valence-corrected chi connectivity index (χ4v) is 4.19. The Kier molecular flexibility index (Phi) is 8.50. The molecule has 0 radical (unpaired) electrons. The lowest BCUT2D eigenvalue weighted by Gasteiger charge is -2.14. The van der Waals surface area contributed by atoms with Crippen LogP contribution in [0.15, 0.2) is 75.0 Å². The summed E-state index contributed by atoms with van der Waals surface area (Å²) in [5.74, 6) is -0.0788. The number of amides is 1. The Labute approximate surface area is 232 Å². The molecule has 0 bridgehead atoms. The van der Waals surface area contributed by atoms with Crippen molar-refractivity contribution in [1.82, 2.24) is 9.66 Å². The molecule has 0 saturated carbocycles. The molecule has 39 heavy (non-hydrogen) atoms. The van der Waals surface area contributed by atoms with E-state index in [9.17, 15) is 19.7 Å². The molecule has 0 unspecified atom stereocenters. The topological polar surface area (TPSA) is 129 Å². The minimum absolute atomic E-state index is 0.0566. The van der Waals surface area contributed by atoms with Gasteiger partial charge in [0.2, 0.25) is 0 Å². The van der Waals surface area contributed by atoms with Crippen molar-refractivity contribution in [3.8, 4) is 5.75 Å². The molecule has 10 nitrogen and oxygen atoms in total. The van der Waals surface area contributed by atoms with Crippen LogP contribution in [0.3, 0.4) is 0 Å². The van der Waals surface area contributed by atoms with Crippen molar-refractivity contribution in [3.05, 3.63) is 103 Å². The highest BCUT2D eigenvalue weighted by Crippen LogP contribution is 2.28. The zero-order chi connectivity index (χ0) is 28.1. The van der Waals surface area contributed by atoms with Crippen molar-refractivity contribution in [1.29, 1.82) is 0 Å². The number of anilines is 1. The van der Waals surface area contributed by atoms with Crippen molar-refractivity contribution in [2.24, 2.45) is 5.10 Å². The third-order valence-corrected chi connectivity index (χ3v) is 6.66. The first-order valence-corrected chi connectivity index (χ1v) is 13.0. The maximum atomic E-state index is 13.3. The minimum atomic E-state index is -0.599. The normalized spacial score (nSPS) is 12.0. The monoisotopic (exact) mass is 591 g/mol. The number of ether oxygens (including phenoxy) is 1. The molecule has 0 spiro atoms. The highest BCUT2D eigenvalue weighted by molar-refractivity contribution is 9.10. The number of carbonyl (C=O) groups excluding carboxylic acids is 1. The van der Waals surface area contributed by atoms with E-state index in [1.807, 2.05) is 39.0 Å². The summed E-state index contributed by atoms with van der Waals surface area (Å²) in [6.07, 6.45) is 2.10. The summed E-state index contributed by atoms with van der Waals surface area (Å²) in [5.41, 5.74) is 1.77. The number of nitrogens with one attached hydrogen (secondary N) is 1. The largest absolute Gasteiger partial charge is 0.477 e. The number of benzene rings is 3. The van der Waals surface area contributed by atoms with Crippen LogP contribution in [-0.4, -0.2) is 33.3 Å². The van der Waals surface area contributed by atoms with Crippen LogP contribution in [0.5, 0.6) is 5.75 Å². The van der Waals surface area contributed by atoms with Gasteiger partial charge in [-0.2, -0.15) is 9.78 Å². The molecule has 0 aliphatic heterocycles. The van der Waals surface area contributed by atoms with E-state index in [0.29, 0.717) is 28.0 Å². The van der Waals surface area contributed by atoms with Crippen LogP contribution in [0, 0.1) is 17.0 Å². The van der Waals surface area contributed by atoms with Gasteiger partial charge in [-0.05, 0) is 55.3 Å². The van der Waals surface area contributed by atoms with E-state index < -0.39 is 17.4 Å². The quantitative estimate of drug-likeness (QED) is 0.149. The number of aryl methyl sites for hydroxylation is 1. The van der Waals surface area contributed by atoms with Crippen molar-refractivity contribution in [3.63, 3.8) is 0 Å². The van der Waals surface area contributed by atoms with Gasteiger partial charge in [0, 0.05) is 27.7 Å². The molecule has 0 aliphatic carbocycles. The molecule has 0 aliphatic rings. The molecule has 1 amide bonds. The summed E-state index contributed by atoms with van der Waals surface area (Å²) in [7, 11) is 0. The molecule has 3 aromatic carbocycles. The van der Waals surface area contributed by atoms with E-state index in [2.05, 4.69) is 31.3 Å².